The van der Waals surface area contributed by atoms with Crippen molar-refractivity contribution < 1.29 is 19.0 Å². The summed E-state index contributed by atoms with van der Waals surface area (Å²) in [6.07, 6.45) is 0. The van der Waals surface area contributed by atoms with Gasteiger partial charge in [-0.2, -0.15) is 11.8 Å². The Labute approximate surface area is 117 Å². The Bertz CT molecular complexity index is 437. The fourth-order valence-corrected chi connectivity index (χ4v) is 1.96. The maximum Gasteiger partial charge on any atom is 0.340 e. The molecule has 0 spiro atoms. The minimum absolute atomic E-state index is 0.261. The molecule has 19 heavy (non-hydrogen) atoms. The number of hydrogen-bond donors (Lipinski definition) is 1. The molecule has 0 heterocycles. The van der Waals surface area contributed by atoms with Gasteiger partial charge in [-0.05, 0) is 11.8 Å². The number of esters is 1. The van der Waals surface area contributed by atoms with Gasteiger partial charge in [0.25, 0.3) is 0 Å². The molecule has 106 valence electrons. The molecule has 6 heteroatoms. The van der Waals surface area contributed by atoms with Gasteiger partial charge >= 0.3 is 5.97 Å². The predicted molar refractivity (Wildman–Crippen MR) is 77.2 cm³/mol. The Morgan fingerprint density at radius 1 is 1.32 bits per heavy atom. The highest BCUT2D eigenvalue weighted by atomic mass is 32.2. The van der Waals surface area contributed by atoms with Crippen LogP contribution in [0, 0.1) is 0 Å². The first-order valence-electron chi connectivity index (χ1n) is 5.90. The second kappa shape index (κ2) is 7.78. The summed E-state index contributed by atoms with van der Waals surface area (Å²) < 4.78 is 15.4. The third-order valence-corrected chi connectivity index (χ3v) is 3.32. The lowest BCUT2D eigenvalue weighted by Gasteiger charge is -2.12. The summed E-state index contributed by atoms with van der Waals surface area (Å²) in [7, 11) is 3.00. The van der Waals surface area contributed by atoms with Crippen LogP contribution >= 0.6 is 11.8 Å². The van der Waals surface area contributed by atoms with E-state index in [1.165, 1.54) is 14.2 Å². The van der Waals surface area contributed by atoms with Crippen molar-refractivity contribution in [1.82, 2.24) is 0 Å². The molecule has 0 radical (unpaired) electrons. The quantitative estimate of drug-likeness (QED) is 0.470. The summed E-state index contributed by atoms with van der Waals surface area (Å²) in [4.78, 5) is 11.9. The van der Waals surface area contributed by atoms with Crippen LogP contribution in [0.4, 0.5) is 5.69 Å². The van der Waals surface area contributed by atoms with Crippen molar-refractivity contribution in [1.29, 1.82) is 0 Å². The molecule has 0 amide bonds. The van der Waals surface area contributed by atoms with Crippen molar-refractivity contribution in [2.75, 3.05) is 38.1 Å². The van der Waals surface area contributed by atoms with Gasteiger partial charge in [0.2, 0.25) is 0 Å². The number of rotatable bonds is 7. The summed E-state index contributed by atoms with van der Waals surface area (Å²) in [5.74, 6) is 2.19. The van der Waals surface area contributed by atoms with E-state index in [9.17, 15) is 4.79 Å². The van der Waals surface area contributed by atoms with E-state index in [1.54, 1.807) is 23.9 Å². The zero-order chi connectivity index (χ0) is 14.3. The van der Waals surface area contributed by atoms with Crippen molar-refractivity contribution >= 4 is 23.4 Å². The van der Waals surface area contributed by atoms with Gasteiger partial charge in [-0.25, -0.2) is 4.79 Å². The largest absolute Gasteiger partial charge is 0.497 e. The Hall–Kier alpha value is -1.56. The van der Waals surface area contributed by atoms with Gasteiger partial charge in [0.1, 0.15) is 18.1 Å². The zero-order valence-electron chi connectivity index (χ0n) is 11.4. The molecule has 0 aliphatic heterocycles. The number of ether oxygens (including phenoxy) is 3. The molecule has 0 aromatic heterocycles. The molecule has 0 aliphatic carbocycles. The molecule has 0 atom stereocenters. The first-order valence-corrected chi connectivity index (χ1v) is 7.05. The molecule has 1 aromatic carbocycles. The van der Waals surface area contributed by atoms with E-state index in [-0.39, 0.29) is 11.3 Å². The number of anilines is 1. The number of carbonyl (C=O) groups is 1. The van der Waals surface area contributed by atoms with Crippen LogP contribution in [0.1, 0.15) is 17.3 Å². The van der Waals surface area contributed by atoms with E-state index < -0.39 is 5.97 Å². The summed E-state index contributed by atoms with van der Waals surface area (Å²) in [5, 5.41) is 0. The Balaban J connectivity index is 2.83. The smallest absolute Gasteiger partial charge is 0.340 e. The van der Waals surface area contributed by atoms with Crippen molar-refractivity contribution in [3.05, 3.63) is 17.7 Å². The molecule has 2 N–H and O–H groups in total. The Kier molecular flexibility index (Phi) is 6.35. The van der Waals surface area contributed by atoms with Crippen LogP contribution in [-0.2, 0) is 4.74 Å². The number of thioether (sulfide) groups is 1. The van der Waals surface area contributed by atoms with Crippen molar-refractivity contribution in [2.24, 2.45) is 0 Å². The monoisotopic (exact) mass is 285 g/mol. The van der Waals surface area contributed by atoms with Gasteiger partial charge in [0.15, 0.2) is 0 Å². The highest BCUT2D eigenvalue weighted by Gasteiger charge is 2.17. The molecule has 5 nitrogen and oxygen atoms in total. The van der Waals surface area contributed by atoms with E-state index in [0.29, 0.717) is 18.1 Å². The highest BCUT2D eigenvalue weighted by molar-refractivity contribution is 7.99. The number of hydrogen-bond acceptors (Lipinski definition) is 6. The standard InChI is InChI=1S/C13H19NO4S/c1-4-19-6-5-18-13(15)10-7-9(16-2)8-11(17-3)12(10)14/h7-8H,4-6,14H2,1-3H3. The van der Waals surface area contributed by atoms with Crippen LogP contribution in [0.3, 0.4) is 0 Å². The lowest BCUT2D eigenvalue weighted by Crippen LogP contribution is -2.11. The van der Waals surface area contributed by atoms with Crippen LogP contribution in [0.25, 0.3) is 0 Å². The summed E-state index contributed by atoms with van der Waals surface area (Å²) in [6, 6.07) is 3.17. The van der Waals surface area contributed by atoms with E-state index in [2.05, 4.69) is 6.92 Å². The molecular weight excluding hydrogens is 266 g/mol. The Morgan fingerprint density at radius 3 is 2.63 bits per heavy atom. The van der Waals surface area contributed by atoms with E-state index in [1.807, 2.05) is 0 Å². The Morgan fingerprint density at radius 2 is 2.05 bits per heavy atom. The average molecular weight is 285 g/mol. The maximum atomic E-state index is 11.9. The second-order valence-corrected chi connectivity index (χ2v) is 5.02. The van der Waals surface area contributed by atoms with Gasteiger partial charge in [-0.3, -0.25) is 0 Å². The normalized spacial score (nSPS) is 10.1. The highest BCUT2D eigenvalue weighted by Crippen LogP contribution is 2.31. The summed E-state index contributed by atoms with van der Waals surface area (Å²) >= 11 is 1.71. The minimum atomic E-state index is -0.466. The first kappa shape index (κ1) is 15.5. The first-order chi connectivity index (χ1) is 9.13. The number of nitrogens with two attached hydrogens (primary N) is 1. The van der Waals surface area contributed by atoms with Crippen molar-refractivity contribution in [3.63, 3.8) is 0 Å². The molecule has 0 saturated heterocycles. The number of benzene rings is 1. The molecule has 0 bridgehead atoms. The second-order valence-electron chi connectivity index (χ2n) is 3.62. The summed E-state index contributed by atoms with van der Waals surface area (Å²) in [5.41, 5.74) is 6.38. The van der Waals surface area contributed by atoms with Crippen LogP contribution in [0.2, 0.25) is 0 Å². The minimum Gasteiger partial charge on any atom is -0.497 e. The van der Waals surface area contributed by atoms with Crippen LogP contribution < -0.4 is 15.2 Å². The number of carbonyl (C=O) groups excluding carboxylic acids is 1. The van der Waals surface area contributed by atoms with Crippen LogP contribution in [0.15, 0.2) is 12.1 Å². The van der Waals surface area contributed by atoms with Gasteiger partial charge in [0, 0.05) is 11.8 Å². The number of nitrogen functional groups attached to an aromatic ring is 1. The third kappa shape index (κ3) is 4.24. The molecule has 0 saturated carbocycles. The lowest BCUT2D eigenvalue weighted by molar-refractivity contribution is 0.0531. The number of methoxy groups -OCH3 is 2. The SMILES string of the molecule is CCSCCOC(=O)c1cc(OC)cc(OC)c1N. The predicted octanol–water partition coefficient (Wildman–Crippen LogP) is 2.20. The zero-order valence-corrected chi connectivity index (χ0v) is 12.2. The topological polar surface area (TPSA) is 70.8 Å². The molecule has 0 unspecified atom stereocenters. The van der Waals surface area contributed by atoms with Gasteiger partial charge < -0.3 is 19.9 Å². The third-order valence-electron chi connectivity index (χ3n) is 2.46. The molecule has 0 aliphatic rings. The van der Waals surface area contributed by atoms with Crippen molar-refractivity contribution in [3.8, 4) is 11.5 Å². The fraction of sp³-hybridized carbons (Fsp3) is 0.462. The van der Waals surface area contributed by atoms with Crippen molar-refractivity contribution in [2.45, 2.75) is 6.92 Å². The van der Waals surface area contributed by atoms with Gasteiger partial charge in [-0.15, -0.1) is 0 Å². The molecule has 1 rings (SSSR count). The maximum absolute atomic E-state index is 11.9. The van der Waals surface area contributed by atoms with E-state index in [0.717, 1.165) is 11.5 Å². The average Bonchev–Trinajstić information content (AvgIpc) is 2.43. The molecule has 1 aromatic rings. The molecule has 0 fully saturated rings. The van der Waals surface area contributed by atoms with Crippen LogP contribution in [-0.4, -0.2) is 38.3 Å². The van der Waals surface area contributed by atoms with E-state index >= 15 is 0 Å². The lowest BCUT2D eigenvalue weighted by atomic mass is 10.1. The van der Waals surface area contributed by atoms with Crippen LogP contribution in [0.5, 0.6) is 11.5 Å². The van der Waals surface area contributed by atoms with Gasteiger partial charge in [-0.1, -0.05) is 6.92 Å². The van der Waals surface area contributed by atoms with E-state index in [4.69, 9.17) is 19.9 Å². The van der Waals surface area contributed by atoms with Gasteiger partial charge in [0.05, 0.1) is 25.5 Å². The summed E-state index contributed by atoms with van der Waals surface area (Å²) in [6.45, 7) is 2.41. The molecular formula is C13H19NO4S. The fourth-order valence-electron chi connectivity index (χ4n) is 1.47.